The fraction of sp³-hybridized carbons (Fsp3) is 0.409. The van der Waals surface area contributed by atoms with E-state index in [0.29, 0.717) is 29.6 Å². The van der Waals surface area contributed by atoms with Crippen LogP contribution >= 0.6 is 0 Å². The van der Waals surface area contributed by atoms with Crippen molar-refractivity contribution in [2.75, 3.05) is 33.9 Å². The third-order valence-electron chi connectivity index (χ3n) is 4.79. The molecule has 3 N–H and O–H groups in total. The van der Waals surface area contributed by atoms with Crippen molar-refractivity contribution in [2.24, 2.45) is 4.99 Å². The summed E-state index contributed by atoms with van der Waals surface area (Å²) < 4.78 is 16.3. The van der Waals surface area contributed by atoms with Crippen LogP contribution in [0.3, 0.4) is 0 Å². The van der Waals surface area contributed by atoms with Crippen LogP contribution in [0.1, 0.15) is 36.6 Å². The van der Waals surface area contributed by atoms with Gasteiger partial charge in [-0.3, -0.25) is 4.99 Å². The lowest BCUT2D eigenvalue weighted by Gasteiger charge is -2.28. The first kappa shape index (κ1) is 20.8. The number of aliphatic imine (C=N–C) groups is 1. The fourth-order valence-electron chi connectivity index (χ4n) is 3.28. The van der Waals surface area contributed by atoms with Gasteiger partial charge in [0.2, 0.25) is 0 Å². The van der Waals surface area contributed by atoms with Crippen molar-refractivity contribution in [2.45, 2.75) is 25.5 Å². The first-order valence-corrected chi connectivity index (χ1v) is 9.82. The molecule has 0 saturated heterocycles. The Morgan fingerprint density at radius 3 is 2.62 bits per heavy atom. The number of guanidine groups is 1. The number of para-hydroxylation sites is 1. The highest BCUT2D eigenvalue weighted by atomic mass is 16.5. The lowest BCUT2D eigenvalue weighted by Crippen LogP contribution is -2.41. The molecule has 2 aromatic carbocycles. The van der Waals surface area contributed by atoms with Crippen molar-refractivity contribution in [1.29, 1.82) is 0 Å². The number of fused-ring (bicyclic) bond motifs is 1. The minimum Gasteiger partial charge on any atom is -0.497 e. The molecule has 1 aliphatic rings. The monoisotopic (exact) mass is 399 g/mol. The van der Waals surface area contributed by atoms with Gasteiger partial charge in [0.1, 0.15) is 17.2 Å². The molecule has 2 aromatic rings. The molecule has 0 aromatic heterocycles. The Hall–Kier alpha value is -2.93. The summed E-state index contributed by atoms with van der Waals surface area (Å²) in [6.07, 6.45) is 0.0632. The summed E-state index contributed by atoms with van der Waals surface area (Å²) in [5.74, 6) is 2.82. The maximum atomic E-state index is 10.6. The number of methoxy groups -OCH3 is 2. The first-order valence-electron chi connectivity index (χ1n) is 9.82. The summed E-state index contributed by atoms with van der Waals surface area (Å²) in [5, 5.41) is 17.4. The molecule has 156 valence electrons. The van der Waals surface area contributed by atoms with Crippen LogP contribution in [-0.4, -0.2) is 45.0 Å². The molecule has 0 aliphatic carbocycles. The minimum absolute atomic E-state index is 0.104. The van der Waals surface area contributed by atoms with Gasteiger partial charge in [0.25, 0.3) is 0 Å². The Bertz CT molecular complexity index is 818. The normalized spacial score (nSPS) is 17.0. The molecular weight excluding hydrogens is 370 g/mol. The van der Waals surface area contributed by atoms with Gasteiger partial charge in [-0.25, -0.2) is 0 Å². The molecule has 1 heterocycles. The number of nitrogens with zero attached hydrogens (tertiary/aromatic N) is 1. The van der Waals surface area contributed by atoms with Crippen molar-refractivity contribution in [3.8, 4) is 17.2 Å². The third-order valence-corrected chi connectivity index (χ3v) is 4.79. The van der Waals surface area contributed by atoms with Crippen LogP contribution in [0.25, 0.3) is 0 Å². The molecule has 2 atom stereocenters. The highest BCUT2D eigenvalue weighted by Crippen LogP contribution is 2.31. The summed E-state index contributed by atoms with van der Waals surface area (Å²) in [4.78, 5) is 4.59. The zero-order chi connectivity index (χ0) is 20.6. The molecule has 0 amide bonds. The van der Waals surface area contributed by atoms with E-state index >= 15 is 0 Å². The van der Waals surface area contributed by atoms with Gasteiger partial charge in [-0.15, -0.1) is 0 Å². The van der Waals surface area contributed by atoms with E-state index in [0.717, 1.165) is 24.3 Å². The van der Waals surface area contributed by atoms with Gasteiger partial charge < -0.3 is 30.0 Å². The summed E-state index contributed by atoms with van der Waals surface area (Å²) in [6, 6.07) is 13.5. The third kappa shape index (κ3) is 5.32. The van der Waals surface area contributed by atoms with E-state index in [1.807, 2.05) is 25.1 Å². The number of hydrogen-bond acceptors (Lipinski definition) is 5. The Kier molecular flexibility index (Phi) is 7.19. The van der Waals surface area contributed by atoms with E-state index in [9.17, 15) is 5.11 Å². The average molecular weight is 399 g/mol. The Labute approximate surface area is 171 Å². The number of aliphatic hydroxyl groups is 1. The smallest absolute Gasteiger partial charge is 0.191 e. The number of ether oxygens (including phenoxy) is 3. The number of nitrogens with one attached hydrogen (secondary N) is 2. The highest BCUT2D eigenvalue weighted by Gasteiger charge is 2.22. The topological polar surface area (TPSA) is 84.3 Å². The average Bonchev–Trinajstić information content (AvgIpc) is 2.77. The minimum atomic E-state index is -0.781. The number of aliphatic hydroxyl groups excluding tert-OH is 1. The summed E-state index contributed by atoms with van der Waals surface area (Å²) in [6.45, 7) is 3.59. The van der Waals surface area contributed by atoms with E-state index in [2.05, 4.69) is 21.7 Å². The van der Waals surface area contributed by atoms with Crippen LogP contribution in [0.5, 0.6) is 17.2 Å². The molecule has 1 aliphatic heterocycles. The molecule has 3 rings (SSSR count). The zero-order valence-electron chi connectivity index (χ0n) is 17.1. The standard InChI is InChI=1S/C22H29N3O4/c1-4-23-22(25-19-9-10-29-21-8-6-5-7-18(19)21)24-14-20(26)15-11-16(27-2)13-17(12-15)28-3/h5-8,11-13,19-20,26H,4,9-10,14H2,1-3H3,(H2,23,24,25). The summed E-state index contributed by atoms with van der Waals surface area (Å²) in [5.41, 5.74) is 1.81. The van der Waals surface area contributed by atoms with Crippen LogP contribution in [0.4, 0.5) is 0 Å². The molecule has 0 spiro atoms. The molecule has 0 bridgehead atoms. The van der Waals surface area contributed by atoms with Crippen molar-refractivity contribution in [1.82, 2.24) is 10.6 Å². The van der Waals surface area contributed by atoms with Crippen molar-refractivity contribution in [3.05, 3.63) is 53.6 Å². The Balaban J connectivity index is 1.73. The van der Waals surface area contributed by atoms with E-state index in [4.69, 9.17) is 14.2 Å². The number of hydrogen-bond donors (Lipinski definition) is 3. The second kappa shape index (κ2) is 10.0. The van der Waals surface area contributed by atoms with E-state index in [1.165, 1.54) is 0 Å². The first-order chi connectivity index (χ1) is 14.1. The van der Waals surface area contributed by atoms with Crippen LogP contribution in [-0.2, 0) is 0 Å². The molecule has 0 fully saturated rings. The summed E-state index contributed by atoms with van der Waals surface area (Å²) >= 11 is 0. The Morgan fingerprint density at radius 1 is 1.21 bits per heavy atom. The molecule has 2 unspecified atom stereocenters. The SMILES string of the molecule is CCNC(=NCC(O)c1cc(OC)cc(OC)c1)NC1CCOc2ccccc21. The predicted molar refractivity (Wildman–Crippen MR) is 113 cm³/mol. The second-order valence-electron chi connectivity index (χ2n) is 6.75. The van der Waals surface area contributed by atoms with E-state index < -0.39 is 6.10 Å². The molecule has 7 heteroatoms. The van der Waals surface area contributed by atoms with Crippen molar-refractivity contribution < 1.29 is 19.3 Å². The predicted octanol–water partition coefficient (Wildman–Crippen LogP) is 2.82. The molecule has 29 heavy (non-hydrogen) atoms. The van der Waals surface area contributed by atoms with Gasteiger partial charge in [0, 0.05) is 24.6 Å². The van der Waals surface area contributed by atoms with Gasteiger partial charge >= 0.3 is 0 Å². The van der Waals surface area contributed by atoms with E-state index in [1.54, 1.807) is 32.4 Å². The van der Waals surface area contributed by atoms with Gasteiger partial charge in [-0.1, -0.05) is 18.2 Å². The van der Waals surface area contributed by atoms with Gasteiger partial charge in [0.05, 0.1) is 39.5 Å². The maximum absolute atomic E-state index is 10.6. The van der Waals surface area contributed by atoms with Crippen LogP contribution < -0.4 is 24.8 Å². The van der Waals surface area contributed by atoms with Gasteiger partial charge in [-0.05, 0) is 30.7 Å². The Morgan fingerprint density at radius 2 is 1.93 bits per heavy atom. The molecular formula is C22H29N3O4. The summed E-state index contributed by atoms with van der Waals surface area (Å²) in [7, 11) is 3.17. The van der Waals surface area contributed by atoms with E-state index in [-0.39, 0.29) is 12.6 Å². The number of rotatable bonds is 7. The highest BCUT2D eigenvalue weighted by molar-refractivity contribution is 5.80. The van der Waals surface area contributed by atoms with Crippen LogP contribution in [0.2, 0.25) is 0 Å². The van der Waals surface area contributed by atoms with Crippen LogP contribution in [0.15, 0.2) is 47.5 Å². The zero-order valence-corrected chi connectivity index (χ0v) is 17.1. The molecule has 0 saturated carbocycles. The lowest BCUT2D eigenvalue weighted by atomic mass is 10.0. The second-order valence-corrected chi connectivity index (χ2v) is 6.75. The van der Waals surface area contributed by atoms with Crippen molar-refractivity contribution in [3.63, 3.8) is 0 Å². The van der Waals surface area contributed by atoms with Crippen molar-refractivity contribution >= 4 is 5.96 Å². The largest absolute Gasteiger partial charge is 0.497 e. The lowest BCUT2D eigenvalue weighted by molar-refractivity contribution is 0.186. The van der Waals surface area contributed by atoms with Gasteiger partial charge in [-0.2, -0.15) is 0 Å². The quantitative estimate of drug-likeness (QED) is 0.490. The number of benzene rings is 2. The van der Waals surface area contributed by atoms with Gasteiger partial charge in [0.15, 0.2) is 5.96 Å². The fourth-order valence-corrected chi connectivity index (χ4v) is 3.28. The van der Waals surface area contributed by atoms with Crippen LogP contribution in [0, 0.1) is 0 Å². The molecule has 0 radical (unpaired) electrons. The maximum Gasteiger partial charge on any atom is 0.191 e. The molecule has 7 nitrogen and oxygen atoms in total.